The van der Waals surface area contributed by atoms with Crippen molar-refractivity contribution in [2.75, 3.05) is 6.54 Å². The zero-order valence-corrected chi connectivity index (χ0v) is 8.16. The highest BCUT2D eigenvalue weighted by Crippen LogP contribution is 2.22. The Morgan fingerprint density at radius 3 is 3.07 bits per heavy atom. The van der Waals surface area contributed by atoms with E-state index in [1.54, 1.807) is 6.20 Å². The summed E-state index contributed by atoms with van der Waals surface area (Å²) in [4.78, 5) is 19.9. The number of ketones is 1. The molecule has 74 valence electrons. The summed E-state index contributed by atoms with van der Waals surface area (Å²) in [6.07, 6.45) is 2.98. The first-order valence-corrected chi connectivity index (χ1v) is 4.76. The van der Waals surface area contributed by atoms with Gasteiger partial charge < -0.3 is 5.73 Å². The Hall–Kier alpha value is -1.29. The summed E-state index contributed by atoms with van der Waals surface area (Å²) in [5.74, 6) is 1.10. The largest absolute Gasteiger partial charge is 0.330 e. The van der Waals surface area contributed by atoms with E-state index in [0.29, 0.717) is 24.4 Å². The van der Waals surface area contributed by atoms with E-state index in [9.17, 15) is 4.79 Å². The summed E-state index contributed by atoms with van der Waals surface area (Å²) < 4.78 is 0. The third kappa shape index (κ3) is 1.53. The van der Waals surface area contributed by atoms with E-state index >= 15 is 0 Å². The second-order valence-corrected chi connectivity index (χ2v) is 3.71. The first-order valence-electron chi connectivity index (χ1n) is 4.76. The van der Waals surface area contributed by atoms with Gasteiger partial charge in [0.15, 0.2) is 5.78 Å². The van der Waals surface area contributed by atoms with Gasteiger partial charge in [0.1, 0.15) is 5.82 Å². The molecule has 4 heteroatoms. The normalized spacial score (nSPS) is 20.7. The average Bonchev–Trinajstić information content (AvgIpc) is 2.16. The highest BCUT2D eigenvalue weighted by molar-refractivity contribution is 5.97. The Morgan fingerprint density at radius 2 is 2.36 bits per heavy atom. The van der Waals surface area contributed by atoms with Gasteiger partial charge >= 0.3 is 0 Å². The van der Waals surface area contributed by atoms with Crippen LogP contribution in [0.5, 0.6) is 0 Å². The molecule has 1 aliphatic rings. The van der Waals surface area contributed by atoms with Crippen LogP contribution in [0.3, 0.4) is 0 Å². The van der Waals surface area contributed by atoms with Crippen molar-refractivity contribution in [3.05, 3.63) is 23.3 Å². The Labute approximate surface area is 82.6 Å². The van der Waals surface area contributed by atoms with Crippen LogP contribution in [-0.2, 0) is 6.42 Å². The van der Waals surface area contributed by atoms with Gasteiger partial charge in [-0.05, 0) is 25.8 Å². The lowest BCUT2D eigenvalue weighted by Crippen LogP contribution is -2.27. The van der Waals surface area contributed by atoms with Crippen LogP contribution in [0.15, 0.2) is 6.20 Å². The molecule has 2 rings (SSSR count). The number of carbonyl (C=O) groups is 1. The first kappa shape index (κ1) is 9.27. The van der Waals surface area contributed by atoms with E-state index in [1.807, 2.05) is 6.92 Å². The topological polar surface area (TPSA) is 68.9 Å². The maximum atomic E-state index is 11.6. The van der Waals surface area contributed by atoms with Gasteiger partial charge in [-0.2, -0.15) is 0 Å². The summed E-state index contributed by atoms with van der Waals surface area (Å²) in [6.45, 7) is 2.38. The quantitative estimate of drug-likeness (QED) is 0.701. The molecular formula is C10H13N3O. The lowest BCUT2D eigenvalue weighted by atomic mass is 9.87. The molecule has 0 amide bonds. The van der Waals surface area contributed by atoms with Crippen molar-refractivity contribution in [2.45, 2.75) is 19.8 Å². The number of hydrogen-bond donors (Lipinski definition) is 1. The second kappa shape index (κ2) is 3.46. The van der Waals surface area contributed by atoms with Crippen molar-refractivity contribution in [1.82, 2.24) is 9.97 Å². The van der Waals surface area contributed by atoms with Crippen LogP contribution < -0.4 is 5.73 Å². The van der Waals surface area contributed by atoms with E-state index in [2.05, 4.69) is 9.97 Å². The Morgan fingerprint density at radius 1 is 1.57 bits per heavy atom. The molecule has 0 saturated heterocycles. The predicted octanol–water partition coefficient (Wildman–Crippen LogP) is 0.489. The smallest absolute Gasteiger partial charge is 0.166 e. The van der Waals surface area contributed by atoms with E-state index in [4.69, 9.17) is 5.73 Å². The highest BCUT2D eigenvalue weighted by Gasteiger charge is 2.25. The minimum Gasteiger partial charge on any atom is -0.330 e. The number of aromatic nitrogens is 2. The zero-order chi connectivity index (χ0) is 10.1. The summed E-state index contributed by atoms with van der Waals surface area (Å²) in [5.41, 5.74) is 7.11. The monoisotopic (exact) mass is 191 g/mol. The molecule has 0 bridgehead atoms. The number of fused-ring (bicyclic) bond motifs is 1. The third-order valence-corrected chi connectivity index (χ3v) is 2.58. The van der Waals surface area contributed by atoms with E-state index in [-0.39, 0.29) is 11.7 Å². The number of rotatable bonds is 1. The maximum absolute atomic E-state index is 11.6. The van der Waals surface area contributed by atoms with Crippen molar-refractivity contribution in [2.24, 2.45) is 11.7 Å². The van der Waals surface area contributed by atoms with Crippen molar-refractivity contribution in [1.29, 1.82) is 0 Å². The molecule has 14 heavy (non-hydrogen) atoms. The lowest BCUT2D eigenvalue weighted by Gasteiger charge is -2.20. The van der Waals surface area contributed by atoms with Gasteiger partial charge in [0.25, 0.3) is 0 Å². The maximum Gasteiger partial charge on any atom is 0.166 e. The van der Waals surface area contributed by atoms with E-state index < -0.39 is 0 Å². The van der Waals surface area contributed by atoms with Crippen LogP contribution in [0.4, 0.5) is 0 Å². The fourth-order valence-electron chi connectivity index (χ4n) is 1.79. The van der Waals surface area contributed by atoms with Crippen molar-refractivity contribution < 1.29 is 4.79 Å². The molecule has 0 saturated carbocycles. The van der Waals surface area contributed by atoms with E-state index in [0.717, 1.165) is 12.1 Å². The van der Waals surface area contributed by atoms with Crippen molar-refractivity contribution in [3.63, 3.8) is 0 Å². The van der Waals surface area contributed by atoms with Crippen LogP contribution in [0.2, 0.25) is 0 Å². The molecule has 1 atom stereocenters. The molecule has 0 spiro atoms. The van der Waals surface area contributed by atoms with Crippen LogP contribution in [0, 0.1) is 12.8 Å². The van der Waals surface area contributed by atoms with E-state index in [1.165, 1.54) is 0 Å². The summed E-state index contributed by atoms with van der Waals surface area (Å²) in [5, 5.41) is 0. The fraction of sp³-hybridized carbons (Fsp3) is 0.500. The third-order valence-electron chi connectivity index (χ3n) is 2.58. The molecule has 4 nitrogen and oxygen atoms in total. The molecule has 1 aromatic rings. The number of nitrogens with two attached hydrogens (primary N) is 1. The van der Waals surface area contributed by atoms with Crippen LogP contribution in [0.25, 0.3) is 0 Å². The molecular weight excluding hydrogens is 178 g/mol. The summed E-state index contributed by atoms with van der Waals surface area (Å²) in [7, 11) is 0. The standard InChI is InChI=1S/C10H13N3O/c1-6-12-5-8-9(13-6)2-7(4-11)3-10(8)14/h5,7H,2-4,11H2,1H3. The molecule has 0 fully saturated rings. The molecule has 0 aliphatic heterocycles. The molecule has 0 radical (unpaired) electrons. The minimum atomic E-state index is 0.127. The molecule has 0 aromatic carbocycles. The number of carbonyl (C=O) groups excluding carboxylic acids is 1. The van der Waals surface area contributed by atoms with Gasteiger partial charge in [-0.1, -0.05) is 0 Å². The Kier molecular flexibility index (Phi) is 2.29. The number of Topliss-reactive ketones (excluding diaryl/α,β-unsaturated/α-hetero) is 1. The van der Waals surface area contributed by atoms with Crippen LogP contribution in [-0.4, -0.2) is 22.3 Å². The number of aryl methyl sites for hydroxylation is 1. The van der Waals surface area contributed by atoms with Crippen molar-refractivity contribution in [3.8, 4) is 0 Å². The lowest BCUT2D eigenvalue weighted by molar-refractivity contribution is 0.0948. The Balaban J connectivity index is 2.40. The molecule has 1 heterocycles. The van der Waals surface area contributed by atoms with Gasteiger partial charge in [-0.3, -0.25) is 4.79 Å². The molecule has 1 aliphatic carbocycles. The SMILES string of the molecule is Cc1ncc2c(n1)CC(CN)CC2=O. The number of nitrogens with zero attached hydrogens (tertiary/aromatic N) is 2. The van der Waals surface area contributed by atoms with Gasteiger partial charge in [-0.15, -0.1) is 0 Å². The summed E-state index contributed by atoms with van der Waals surface area (Å²) in [6, 6.07) is 0. The van der Waals surface area contributed by atoms with Crippen LogP contribution >= 0.6 is 0 Å². The predicted molar refractivity (Wildman–Crippen MR) is 52.0 cm³/mol. The van der Waals surface area contributed by atoms with Crippen molar-refractivity contribution >= 4 is 5.78 Å². The van der Waals surface area contributed by atoms with Crippen LogP contribution in [0.1, 0.15) is 28.3 Å². The summed E-state index contributed by atoms with van der Waals surface area (Å²) >= 11 is 0. The molecule has 1 unspecified atom stereocenters. The van der Waals surface area contributed by atoms with Gasteiger partial charge in [0.05, 0.1) is 11.3 Å². The van der Waals surface area contributed by atoms with Gasteiger partial charge in [0.2, 0.25) is 0 Å². The zero-order valence-electron chi connectivity index (χ0n) is 8.16. The van der Waals surface area contributed by atoms with Gasteiger partial charge in [0, 0.05) is 12.6 Å². The second-order valence-electron chi connectivity index (χ2n) is 3.71. The average molecular weight is 191 g/mol. The van der Waals surface area contributed by atoms with Gasteiger partial charge in [-0.25, -0.2) is 9.97 Å². The highest BCUT2D eigenvalue weighted by atomic mass is 16.1. The first-order chi connectivity index (χ1) is 6.70. The molecule has 2 N–H and O–H groups in total. The molecule has 1 aromatic heterocycles. The Bertz CT molecular complexity index is 376. The number of hydrogen-bond acceptors (Lipinski definition) is 4. The minimum absolute atomic E-state index is 0.127. The fourth-order valence-corrected chi connectivity index (χ4v) is 1.79.